The van der Waals surface area contributed by atoms with Crippen molar-refractivity contribution >= 4 is 5.78 Å². The molecule has 3 nitrogen and oxygen atoms in total. The Hall–Kier alpha value is -1.12. The first-order valence-electron chi connectivity index (χ1n) is 6.59. The van der Waals surface area contributed by atoms with Gasteiger partial charge < -0.3 is 0 Å². The first-order chi connectivity index (χ1) is 8.01. The van der Waals surface area contributed by atoms with Gasteiger partial charge in [0, 0.05) is 17.7 Å². The highest BCUT2D eigenvalue weighted by Gasteiger charge is 2.35. The molecule has 0 aromatic carbocycles. The van der Waals surface area contributed by atoms with Gasteiger partial charge in [-0.2, -0.15) is 5.10 Å². The van der Waals surface area contributed by atoms with Crippen LogP contribution in [0.25, 0.3) is 0 Å². The van der Waals surface area contributed by atoms with E-state index in [2.05, 4.69) is 25.9 Å². The van der Waals surface area contributed by atoms with Crippen LogP contribution in [0, 0.1) is 5.41 Å². The molecule has 0 bridgehead atoms. The summed E-state index contributed by atoms with van der Waals surface area (Å²) in [5, 5.41) is 4.45. The van der Waals surface area contributed by atoms with Crippen molar-refractivity contribution in [2.45, 2.75) is 58.9 Å². The highest BCUT2D eigenvalue weighted by atomic mass is 16.1. The molecule has 0 N–H and O–H groups in total. The molecule has 1 heterocycles. The Morgan fingerprint density at radius 1 is 1.47 bits per heavy atom. The molecule has 1 aliphatic carbocycles. The molecule has 1 aromatic heterocycles. The molecule has 17 heavy (non-hydrogen) atoms. The lowest BCUT2D eigenvalue weighted by atomic mass is 9.82. The second-order valence-electron chi connectivity index (χ2n) is 5.75. The number of hydrogen-bond donors (Lipinski definition) is 0. The summed E-state index contributed by atoms with van der Waals surface area (Å²) in [5.74, 6) is 0.365. The lowest BCUT2D eigenvalue weighted by Gasteiger charge is -2.20. The van der Waals surface area contributed by atoms with Crippen molar-refractivity contribution in [1.29, 1.82) is 0 Å². The Kier molecular flexibility index (Phi) is 3.36. The summed E-state index contributed by atoms with van der Waals surface area (Å²) < 4.78 is 1.92. The lowest BCUT2D eigenvalue weighted by Crippen LogP contribution is -2.26. The van der Waals surface area contributed by atoms with Crippen LogP contribution in [0.1, 0.15) is 58.2 Å². The zero-order valence-electron chi connectivity index (χ0n) is 11.1. The third kappa shape index (κ3) is 2.59. The van der Waals surface area contributed by atoms with Gasteiger partial charge in [-0.3, -0.25) is 9.48 Å². The second kappa shape index (κ2) is 4.63. The van der Waals surface area contributed by atoms with E-state index in [1.165, 1.54) is 12.8 Å². The summed E-state index contributed by atoms with van der Waals surface area (Å²) in [6.45, 7) is 6.30. The minimum Gasteiger partial charge on any atom is -0.299 e. The maximum absolute atomic E-state index is 12.3. The topological polar surface area (TPSA) is 34.9 Å². The summed E-state index contributed by atoms with van der Waals surface area (Å²) >= 11 is 0. The molecule has 1 aromatic rings. The number of ketones is 1. The number of nitrogens with zero attached hydrogens (tertiary/aromatic N) is 2. The molecule has 3 heteroatoms. The van der Waals surface area contributed by atoms with E-state index in [1.807, 2.05) is 16.9 Å². The maximum Gasteiger partial charge on any atom is 0.144 e. The predicted octanol–water partition coefficient (Wildman–Crippen LogP) is 3.16. The van der Waals surface area contributed by atoms with Gasteiger partial charge in [-0.25, -0.2) is 0 Å². The molecule has 1 fully saturated rings. The quantitative estimate of drug-likeness (QED) is 0.802. The average molecular weight is 234 g/mol. The molecule has 0 atom stereocenters. The van der Waals surface area contributed by atoms with Crippen LogP contribution in [-0.2, 0) is 11.2 Å². The summed E-state index contributed by atoms with van der Waals surface area (Å²) in [6, 6.07) is 2.33. The van der Waals surface area contributed by atoms with Crippen molar-refractivity contribution in [3.63, 3.8) is 0 Å². The number of Topliss-reactive ketones (excluding diaryl/α,β-unsaturated/α-hetero) is 1. The summed E-state index contributed by atoms with van der Waals surface area (Å²) in [4.78, 5) is 12.3. The van der Waals surface area contributed by atoms with Crippen LogP contribution < -0.4 is 0 Å². The molecule has 0 aliphatic heterocycles. The standard InChI is InChI=1S/C14H22N2O/c1-11(2)16-9-6-12(15-16)10-13(17)14(3)7-4-5-8-14/h6,9,11H,4-5,7-8,10H2,1-3H3. The fourth-order valence-electron chi connectivity index (χ4n) is 2.57. The minimum atomic E-state index is -0.0817. The van der Waals surface area contributed by atoms with Crippen LogP contribution in [0.4, 0.5) is 0 Å². The number of hydrogen-bond acceptors (Lipinski definition) is 2. The van der Waals surface area contributed by atoms with Crippen molar-refractivity contribution in [2.75, 3.05) is 0 Å². The van der Waals surface area contributed by atoms with Crippen LogP contribution in [-0.4, -0.2) is 15.6 Å². The third-order valence-electron chi connectivity index (χ3n) is 3.91. The first-order valence-corrected chi connectivity index (χ1v) is 6.59. The average Bonchev–Trinajstić information content (AvgIpc) is 2.88. The first kappa shape index (κ1) is 12.3. The summed E-state index contributed by atoms with van der Waals surface area (Å²) in [7, 11) is 0. The number of aromatic nitrogens is 2. The molecular weight excluding hydrogens is 212 g/mol. The van der Waals surface area contributed by atoms with Gasteiger partial charge in [0.1, 0.15) is 5.78 Å². The highest BCUT2D eigenvalue weighted by molar-refractivity contribution is 5.86. The Morgan fingerprint density at radius 2 is 2.12 bits per heavy atom. The molecule has 2 rings (SSSR count). The van der Waals surface area contributed by atoms with Crippen LogP contribution >= 0.6 is 0 Å². The Bertz CT molecular complexity index is 400. The normalized spacial score (nSPS) is 18.8. The zero-order chi connectivity index (χ0) is 12.5. The van der Waals surface area contributed by atoms with Gasteiger partial charge >= 0.3 is 0 Å². The number of rotatable bonds is 4. The predicted molar refractivity (Wildman–Crippen MR) is 67.9 cm³/mol. The van der Waals surface area contributed by atoms with Crippen LogP contribution in [0.5, 0.6) is 0 Å². The smallest absolute Gasteiger partial charge is 0.144 e. The van der Waals surface area contributed by atoms with Crippen molar-refractivity contribution < 1.29 is 4.79 Å². The molecule has 0 spiro atoms. The van der Waals surface area contributed by atoms with Gasteiger partial charge in [0.25, 0.3) is 0 Å². The van der Waals surface area contributed by atoms with Gasteiger partial charge in [-0.1, -0.05) is 19.8 Å². The van der Waals surface area contributed by atoms with Crippen LogP contribution in [0.15, 0.2) is 12.3 Å². The molecule has 1 saturated carbocycles. The molecule has 0 saturated heterocycles. The van der Waals surface area contributed by atoms with Gasteiger partial charge in [0.05, 0.1) is 12.1 Å². The molecule has 0 amide bonds. The Morgan fingerprint density at radius 3 is 2.65 bits per heavy atom. The maximum atomic E-state index is 12.3. The molecule has 0 radical (unpaired) electrons. The summed E-state index contributed by atoms with van der Waals surface area (Å²) in [6.07, 6.45) is 6.96. The van der Waals surface area contributed by atoms with Crippen molar-refractivity contribution in [2.24, 2.45) is 5.41 Å². The van der Waals surface area contributed by atoms with Crippen molar-refractivity contribution in [3.05, 3.63) is 18.0 Å². The Balaban J connectivity index is 2.02. The van der Waals surface area contributed by atoms with Crippen LogP contribution in [0.3, 0.4) is 0 Å². The minimum absolute atomic E-state index is 0.0817. The van der Waals surface area contributed by atoms with E-state index < -0.39 is 0 Å². The third-order valence-corrected chi connectivity index (χ3v) is 3.91. The van der Waals surface area contributed by atoms with Gasteiger partial charge in [0.2, 0.25) is 0 Å². The van der Waals surface area contributed by atoms with E-state index in [0.717, 1.165) is 18.5 Å². The lowest BCUT2D eigenvalue weighted by molar-refractivity contribution is -0.127. The largest absolute Gasteiger partial charge is 0.299 e. The van der Waals surface area contributed by atoms with E-state index in [4.69, 9.17) is 0 Å². The Labute approximate surface area is 103 Å². The van der Waals surface area contributed by atoms with Crippen LogP contribution in [0.2, 0.25) is 0 Å². The molecule has 1 aliphatic rings. The van der Waals surface area contributed by atoms with E-state index in [9.17, 15) is 4.79 Å². The van der Waals surface area contributed by atoms with E-state index in [0.29, 0.717) is 18.2 Å². The zero-order valence-corrected chi connectivity index (χ0v) is 11.1. The van der Waals surface area contributed by atoms with Gasteiger partial charge in [-0.15, -0.1) is 0 Å². The summed E-state index contributed by atoms with van der Waals surface area (Å²) in [5.41, 5.74) is 0.832. The van der Waals surface area contributed by atoms with Gasteiger partial charge in [-0.05, 0) is 32.8 Å². The van der Waals surface area contributed by atoms with Gasteiger partial charge in [0.15, 0.2) is 0 Å². The molecule has 0 unspecified atom stereocenters. The fraction of sp³-hybridized carbons (Fsp3) is 0.714. The van der Waals surface area contributed by atoms with Crippen molar-refractivity contribution in [1.82, 2.24) is 9.78 Å². The van der Waals surface area contributed by atoms with Crippen molar-refractivity contribution in [3.8, 4) is 0 Å². The number of carbonyl (C=O) groups excluding carboxylic acids is 1. The van der Waals surface area contributed by atoms with E-state index >= 15 is 0 Å². The fourth-order valence-corrected chi connectivity index (χ4v) is 2.57. The molecule has 94 valence electrons. The number of carbonyl (C=O) groups is 1. The second-order valence-corrected chi connectivity index (χ2v) is 5.75. The SMILES string of the molecule is CC(C)n1ccc(CC(=O)C2(C)CCCC2)n1. The monoisotopic (exact) mass is 234 g/mol. The molecular formula is C14H22N2O. The van der Waals surface area contributed by atoms with E-state index in [1.54, 1.807) is 0 Å². The van der Waals surface area contributed by atoms with E-state index in [-0.39, 0.29) is 5.41 Å². The highest BCUT2D eigenvalue weighted by Crippen LogP contribution is 2.38.